The molecule has 0 aromatic heterocycles. The average molecular weight is 505 g/mol. The monoisotopic (exact) mass is 504 g/mol. The predicted molar refractivity (Wildman–Crippen MR) is 151 cm³/mol. The highest BCUT2D eigenvalue weighted by molar-refractivity contribution is 5.92. The van der Waals surface area contributed by atoms with E-state index < -0.39 is 0 Å². The van der Waals surface area contributed by atoms with Crippen LogP contribution in [0.4, 0.5) is 10.1 Å². The molecule has 1 fully saturated rings. The van der Waals surface area contributed by atoms with Crippen molar-refractivity contribution in [2.45, 2.75) is 59.0 Å². The number of hydrogen-bond donors (Lipinski definition) is 1. The van der Waals surface area contributed by atoms with Gasteiger partial charge in [0.25, 0.3) is 0 Å². The van der Waals surface area contributed by atoms with Crippen LogP contribution in [0.1, 0.15) is 70.1 Å². The largest absolute Gasteiger partial charge is 0.486 e. The topological polar surface area (TPSA) is 41.6 Å². The van der Waals surface area contributed by atoms with Crippen LogP contribution in [-0.2, 0) is 9.53 Å². The molecule has 2 aromatic rings. The third kappa shape index (κ3) is 9.32. The van der Waals surface area contributed by atoms with Crippen LogP contribution in [0.3, 0.4) is 0 Å². The fourth-order valence-corrected chi connectivity index (χ4v) is 4.49. The van der Waals surface area contributed by atoms with Gasteiger partial charge in [0.2, 0.25) is 5.91 Å². The number of ether oxygens (including phenoxy) is 1. The van der Waals surface area contributed by atoms with Gasteiger partial charge in [0.1, 0.15) is 17.7 Å². The van der Waals surface area contributed by atoms with Gasteiger partial charge in [-0.15, -0.1) is 0 Å². The van der Waals surface area contributed by atoms with Crippen molar-refractivity contribution in [1.82, 2.24) is 4.90 Å². The summed E-state index contributed by atoms with van der Waals surface area (Å²) >= 11 is 0. The van der Waals surface area contributed by atoms with Gasteiger partial charge in [0.15, 0.2) is 0 Å². The molecule has 2 aromatic carbocycles. The Morgan fingerprint density at radius 2 is 1.86 bits per heavy atom. The van der Waals surface area contributed by atoms with E-state index in [1.165, 1.54) is 23.3 Å². The summed E-state index contributed by atoms with van der Waals surface area (Å²) in [4.78, 5) is 14.6. The quantitative estimate of drug-likeness (QED) is 0.251. The molecular weight excluding hydrogens is 463 g/mol. The summed E-state index contributed by atoms with van der Waals surface area (Å²) in [6.07, 6.45) is 8.56. The van der Waals surface area contributed by atoms with E-state index in [1.807, 2.05) is 58.1 Å². The summed E-state index contributed by atoms with van der Waals surface area (Å²) in [5, 5.41) is 3.01. The highest BCUT2D eigenvalue weighted by Crippen LogP contribution is 2.31. The van der Waals surface area contributed by atoms with Gasteiger partial charge < -0.3 is 15.0 Å². The Labute approximate surface area is 221 Å². The Balaban J connectivity index is 1.57. The summed E-state index contributed by atoms with van der Waals surface area (Å²) in [5.74, 6) is 0.825. The van der Waals surface area contributed by atoms with Crippen molar-refractivity contribution in [3.63, 3.8) is 0 Å². The van der Waals surface area contributed by atoms with Gasteiger partial charge >= 0.3 is 0 Å². The van der Waals surface area contributed by atoms with Crippen LogP contribution in [0.5, 0.6) is 0 Å². The number of allylic oxidation sites excluding steroid dienone is 4. The highest BCUT2D eigenvalue weighted by atomic mass is 19.1. The zero-order valence-electron chi connectivity index (χ0n) is 22.7. The maximum Gasteiger partial charge on any atom is 0.226 e. The maximum atomic E-state index is 13.5. The number of likely N-dealkylation sites (tertiary alicyclic amines) is 1. The standard InChI is InChI=1S/C32H41FN2O2/c1-23(2)8-6-9-25(5)37-31(27-12-14-29(33)15-13-27)18-21-35-19-16-26(17-20-35)28-10-7-11-30(22-28)34-32(36)24(3)4/h6-15,22,24,26,31H,5,16-21H2,1-4H3,(H,34,36)/b9-6-. The zero-order chi connectivity index (χ0) is 26.8. The molecule has 1 atom stereocenters. The van der Waals surface area contributed by atoms with Crippen molar-refractivity contribution in [2.75, 3.05) is 25.0 Å². The van der Waals surface area contributed by atoms with Crippen LogP contribution >= 0.6 is 0 Å². The molecule has 0 radical (unpaired) electrons. The molecule has 1 heterocycles. The van der Waals surface area contributed by atoms with Crippen LogP contribution < -0.4 is 5.32 Å². The number of nitrogens with one attached hydrogen (secondary N) is 1. The van der Waals surface area contributed by atoms with Crippen LogP contribution in [0.15, 0.2) is 84.7 Å². The zero-order valence-corrected chi connectivity index (χ0v) is 22.7. The maximum absolute atomic E-state index is 13.5. The van der Waals surface area contributed by atoms with Crippen LogP contribution in [0.25, 0.3) is 0 Å². The molecule has 0 aliphatic carbocycles. The lowest BCUT2D eigenvalue weighted by atomic mass is 9.89. The molecule has 37 heavy (non-hydrogen) atoms. The summed E-state index contributed by atoms with van der Waals surface area (Å²) in [7, 11) is 0. The molecule has 1 aliphatic heterocycles. The van der Waals surface area contributed by atoms with Gasteiger partial charge in [-0.2, -0.15) is 0 Å². The predicted octanol–water partition coefficient (Wildman–Crippen LogP) is 7.78. The van der Waals surface area contributed by atoms with Gasteiger partial charge in [-0.25, -0.2) is 4.39 Å². The van der Waals surface area contributed by atoms with Crippen molar-refractivity contribution >= 4 is 11.6 Å². The molecule has 198 valence electrons. The van der Waals surface area contributed by atoms with Gasteiger partial charge in [-0.05, 0) is 87.2 Å². The minimum absolute atomic E-state index is 0.0415. The molecule has 0 saturated carbocycles. The normalized spacial score (nSPS) is 15.5. The molecule has 0 bridgehead atoms. The Bertz CT molecular complexity index is 1090. The average Bonchev–Trinajstić information content (AvgIpc) is 2.87. The molecule has 3 rings (SSSR count). The third-order valence-corrected chi connectivity index (χ3v) is 6.69. The molecule has 1 saturated heterocycles. The second-order valence-electron chi connectivity index (χ2n) is 10.4. The minimum atomic E-state index is -0.250. The number of rotatable bonds is 11. The Kier molecular flexibility index (Phi) is 10.7. The first-order valence-corrected chi connectivity index (χ1v) is 13.3. The van der Waals surface area contributed by atoms with E-state index in [0.717, 1.165) is 50.1 Å². The van der Waals surface area contributed by atoms with E-state index in [9.17, 15) is 9.18 Å². The first kappa shape index (κ1) is 28.4. The third-order valence-electron chi connectivity index (χ3n) is 6.69. The lowest BCUT2D eigenvalue weighted by molar-refractivity contribution is -0.118. The molecule has 1 unspecified atom stereocenters. The fourth-order valence-electron chi connectivity index (χ4n) is 4.49. The first-order valence-electron chi connectivity index (χ1n) is 13.3. The van der Waals surface area contributed by atoms with Gasteiger partial charge in [-0.1, -0.05) is 62.4 Å². The second kappa shape index (κ2) is 13.9. The number of hydrogen-bond acceptors (Lipinski definition) is 3. The van der Waals surface area contributed by atoms with Gasteiger partial charge in [0.05, 0.1) is 0 Å². The summed E-state index contributed by atoms with van der Waals surface area (Å²) in [6, 6.07) is 14.8. The van der Waals surface area contributed by atoms with E-state index in [2.05, 4.69) is 28.9 Å². The van der Waals surface area contributed by atoms with Crippen molar-refractivity contribution in [3.05, 3.63) is 102 Å². The van der Waals surface area contributed by atoms with Crippen molar-refractivity contribution < 1.29 is 13.9 Å². The van der Waals surface area contributed by atoms with Crippen molar-refractivity contribution in [2.24, 2.45) is 5.92 Å². The van der Waals surface area contributed by atoms with E-state index in [-0.39, 0.29) is 23.7 Å². The van der Waals surface area contributed by atoms with E-state index >= 15 is 0 Å². The van der Waals surface area contributed by atoms with Crippen molar-refractivity contribution in [3.8, 4) is 0 Å². The lowest BCUT2D eigenvalue weighted by Gasteiger charge is -2.33. The highest BCUT2D eigenvalue weighted by Gasteiger charge is 2.23. The SMILES string of the molecule is C=C(/C=C\C=C(C)C)OC(CCN1CCC(c2cccc(NC(=O)C(C)C)c2)CC1)c1ccc(F)cc1. The lowest BCUT2D eigenvalue weighted by Crippen LogP contribution is -2.34. The smallest absolute Gasteiger partial charge is 0.226 e. The number of carbonyl (C=O) groups excluding carboxylic acids is 1. The minimum Gasteiger partial charge on any atom is -0.486 e. The molecule has 1 N–H and O–H groups in total. The number of anilines is 1. The van der Waals surface area contributed by atoms with Gasteiger partial charge in [0, 0.05) is 24.6 Å². The van der Waals surface area contributed by atoms with E-state index in [4.69, 9.17) is 4.74 Å². The number of nitrogens with zero attached hydrogens (tertiary/aromatic N) is 1. The Morgan fingerprint density at radius 3 is 2.51 bits per heavy atom. The number of carbonyl (C=O) groups is 1. The number of halogens is 1. The van der Waals surface area contributed by atoms with E-state index in [1.54, 1.807) is 12.1 Å². The molecule has 4 nitrogen and oxygen atoms in total. The molecule has 0 spiro atoms. The molecule has 1 amide bonds. The molecule has 1 aliphatic rings. The Morgan fingerprint density at radius 1 is 1.16 bits per heavy atom. The second-order valence-corrected chi connectivity index (χ2v) is 10.4. The van der Waals surface area contributed by atoms with E-state index in [0.29, 0.717) is 11.7 Å². The fraction of sp³-hybridized carbons (Fsp3) is 0.406. The van der Waals surface area contributed by atoms with Crippen molar-refractivity contribution in [1.29, 1.82) is 0 Å². The number of amides is 1. The number of benzene rings is 2. The van der Waals surface area contributed by atoms with Crippen LogP contribution in [0, 0.1) is 11.7 Å². The number of piperidine rings is 1. The van der Waals surface area contributed by atoms with Gasteiger partial charge in [-0.3, -0.25) is 4.79 Å². The first-order chi connectivity index (χ1) is 17.7. The molecule has 5 heteroatoms. The summed E-state index contributed by atoms with van der Waals surface area (Å²) in [6.45, 7) is 14.8. The summed E-state index contributed by atoms with van der Waals surface area (Å²) < 4.78 is 19.7. The van der Waals surface area contributed by atoms with Crippen LogP contribution in [-0.4, -0.2) is 30.4 Å². The molecular formula is C32H41FN2O2. The van der Waals surface area contributed by atoms with Crippen LogP contribution in [0.2, 0.25) is 0 Å². The Hall–Kier alpha value is -3.18. The summed E-state index contributed by atoms with van der Waals surface area (Å²) in [5.41, 5.74) is 4.31.